The smallest absolute Gasteiger partial charge is 0.409 e. The lowest BCUT2D eigenvalue weighted by Gasteiger charge is -2.31. The average Bonchev–Trinajstić information content (AvgIpc) is 3.44. The van der Waals surface area contributed by atoms with E-state index in [0.29, 0.717) is 37.0 Å². The van der Waals surface area contributed by atoms with Crippen LogP contribution in [0.4, 0.5) is 4.79 Å². The highest BCUT2D eigenvalue weighted by Crippen LogP contribution is 2.24. The molecule has 2 aliphatic rings. The quantitative estimate of drug-likeness (QED) is 0.338. The van der Waals surface area contributed by atoms with Crippen molar-refractivity contribution in [2.75, 3.05) is 32.8 Å². The van der Waals surface area contributed by atoms with Crippen molar-refractivity contribution in [1.82, 2.24) is 39.3 Å². The first-order valence-electron chi connectivity index (χ1n) is 12.8. The Labute approximate surface area is 237 Å². The topological polar surface area (TPSA) is 143 Å². The van der Waals surface area contributed by atoms with Crippen LogP contribution in [0, 0.1) is 0 Å². The molecule has 14 heteroatoms. The minimum absolute atomic E-state index is 0. The number of nitrogens with zero attached hydrogens (tertiary/aromatic N) is 5. The zero-order chi connectivity index (χ0) is 25.8. The molecule has 1 amide bonds. The fraction of sp³-hybridized carbons (Fsp3) is 0.480. The van der Waals surface area contributed by atoms with Crippen LogP contribution in [0.5, 0.6) is 0 Å². The molecule has 3 N–H and O–H groups in total. The number of carbonyl (C=O) groups excluding carboxylic acids is 1. The summed E-state index contributed by atoms with van der Waals surface area (Å²) in [5.41, 5.74) is 2.84. The third-order valence-electron chi connectivity index (χ3n) is 7.01. The summed E-state index contributed by atoms with van der Waals surface area (Å²) in [6.45, 7) is 5.33. The summed E-state index contributed by atoms with van der Waals surface area (Å²) in [4.78, 5) is 51.3. The number of rotatable bonds is 3. The van der Waals surface area contributed by atoms with E-state index in [9.17, 15) is 14.4 Å². The first kappa shape index (κ1) is 30.2. The van der Waals surface area contributed by atoms with Crippen LogP contribution >= 0.6 is 24.8 Å². The number of H-pyrrole nitrogens is 2. The van der Waals surface area contributed by atoms with E-state index in [2.05, 4.69) is 25.3 Å². The number of carbonyl (C=O) groups is 1. The van der Waals surface area contributed by atoms with Gasteiger partial charge >= 0.3 is 17.5 Å². The molecule has 39 heavy (non-hydrogen) atoms. The number of imidazole rings is 2. The van der Waals surface area contributed by atoms with Gasteiger partial charge in [0.15, 0.2) is 11.3 Å². The molecule has 0 aliphatic carbocycles. The van der Waals surface area contributed by atoms with Gasteiger partial charge in [-0.1, -0.05) is 0 Å². The molecule has 2 fully saturated rings. The van der Waals surface area contributed by atoms with Gasteiger partial charge in [0.25, 0.3) is 0 Å². The van der Waals surface area contributed by atoms with E-state index in [-0.39, 0.29) is 48.3 Å². The van der Waals surface area contributed by atoms with Crippen molar-refractivity contribution >= 4 is 53.2 Å². The molecule has 212 valence electrons. The normalized spacial score (nSPS) is 16.2. The molecule has 0 atom stereocenters. The number of likely N-dealkylation sites (tertiary alicyclic amines) is 1. The summed E-state index contributed by atoms with van der Waals surface area (Å²) >= 11 is 0. The van der Waals surface area contributed by atoms with E-state index >= 15 is 0 Å². The molecule has 6 rings (SSSR count). The minimum Gasteiger partial charge on any atom is -0.450 e. The number of aromatic amines is 2. The highest BCUT2D eigenvalue weighted by atomic mass is 35.5. The van der Waals surface area contributed by atoms with Crippen molar-refractivity contribution in [2.45, 2.75) is 44.7 Å². The first-order chi connectivity index (χ1) is 18.1. The summed E-state index contributed by atoms with van der Waals surface area (Å²) in [7, 11) is 0. The largest absolute Gasteiger partial charge is 0.450 e. The second-order valence-corrected chi connectivity index (χ2v) is 9.24. The van der Waals surface area contributed by atoms with Crippen LogP contribution in [0.3, 0.4) is 0 Å². The predicted octanol–water partition coefficient (Wildman–Crippen LogP) is 3.01. The fourth-order valence-corrected chi connectivity index (χ4v) is 5.23. The summed E-state index contributed by atoms with van der Waals surface area (Å²) in [5.74, 6) is 0. The van der Waals surface area contributed by atoms with Crippen LogP contribution in [0.25, 0.3) is 22.3 Å². The van der Waals surface area contributed by atoms with Crippen LogP contribution in [0.15, 0.2) is 46.2 Å². The molecule has 0 saturated carbocycles. The van der Waals surface area contributed by atoms with Gasteiger partial charge in [-0.2, -0.15) is 0 Å². The second-order valence-electron chi connectivity index (χ2n) is 9.24. The number of hydrogen-bond acceptors (Lipinski definition) is 7. The highest BCUT2D eigenvalue weighted by Gasteiger charge is 2.26. The summed E-state index contributed by atoms with van der Waals surface area (Å²) in [5, 5.41) is 3.30. The maximum Gasteiger partial charge on any atom is 0.409 e. The Hall–Kier alpha value is -3.35. The molecule has 0 unspecified atom stereocenters. The molecule has 0 radical (unpaired) electrons. The lowest BCUT2D eigenvalue weighted by atomic mass is 10.1. The molecule has 0 bridgehead atoms. The Balaban J connectivity index is 0.000000211. The van der Waals surface area contributed by atoms with Gasteiger partial charge in [-0.3, -0.25) is 19.1 Å². The van der Waals surface area contributed by atoms with E-state index in [1.807, 2.05) is 28.8 Å². The number of hydrogen-bond donors (Lipinski definition) is 3. The molecule has 0 aromatic carbocycles. The van der Waals surface area contributed by atoms with Crippen molar-refractivity contribution in [3.63, 3.8) is 0 Å². The van der Waals surface area contributed by atoms with Gasteiger partial charge in [0.1, 0.15) is 0 Å². The Morgan fingerprint density at radius 3 is 1.85 bits per heavy atom. The van der Waals surface area contributed by atoms with Gasteiger partial charge in [0, 0.05) is 37.6 Å². The molecule has 0 spiro atoms. The maximum atomic E-state index is 12.1. The standard InChI is InChI=1S/C14H18N4O3.C11H14N4O.2ClH/c1-2-21-14(20)17-8-5-10(6-9-17)18-11-4-3-7-15-12(11)16-13(18)19;16-11-14-10-9(2-1-5-13-10)15(11)8-3-6-12-7-4-8;;/h3-4,7,10H,2,5-6,8-9H2,1H3,(H,15,16,19);1-2,5,8,12H,3-4,6-7H2,(H,13,14,16);2*1H. The number of nitrogens with one attached hydrogen (secondary N) is 3. The van der Waals surface area contributed by atoms with E-state index in [1.165, 1.54) is 0 Å². The number of fused-ring (bicyclic) bond motifs is 2. The Kier molecular flexibility index (Phi) is 10.6. The molecular formula is C25H34Cl2N8O4. The number of pyridine rings is 2. The van der Waals surface area contributed by atoms with E-state index < -0.39 is 0 Å². The fourth-order valence-electron chi connectivity index (χ4n) is 5.23. The number of halogens is 2. The van der Waals surface area contributed by atoms with Crippen molar-refractivity contribution < 1.29 is 9.53 Å². The minimum atomic E-state index is -0.274. The molecule has 4 aromatic heterocycles. The highest BCUT2D eigenvalue weighted by molar-refractivity contribution is 5.85. The van der Waals surface area contributed by atoms with Crippen LogP contribution in [0.2, 0.25) is 0 Å². The van der Waals surface area contributed by atoms with Gasteiger partial charge in [-0.05, 0) is 70.0 Å². The molecule has 2 aliphatic heterocycles. The van der Waals surface area contributed by atoms with E-state index in [4.69, 9.17) is 4.74 Å². The summed E-state index contributed by atoms with van der Waals surface area (Å²) in [6.07, 6.45) is 6.56. The molecule has 12 nitrogen and oxygen atoms in total. The molecule has 2 saturated heterocycles. The summed E-state index contributed by atoms with van der Waals surface area (Å²) in [6, 6.07) is 7.90. The second kappa shape index (κ2) is 13.6. The van der Waals surface area contributed by atoms with Crippen LogP contribution < -0.4 is 16.7 Å². The third kappa shape index (κ3) is 6.45. The number of aromatic nitrogens is 6. The Morgan fingerprint density at radius 2 is 1.36 bits per heavy atom. The van der Waals surface area contributed by atoms with Gasteiger partial charge in [-0.15, -0.1) is 24.8 Å². The molecule has 6 heterocycles. The van der Waals surface area contributed by atoms with Gasteiger partial charge in [0.2, 0.25) is 0 Å². The SMILES string of the molecule is CCOC(=O)N1CCC(n2c(=O)[nH]c3ncccc32)CC1.Cl.Cl.O=c1[nH]c2ncccc2n1C1CCNCC1. The monoisotopic (exact) mass is 580 g/mol. The molecular weight excluding hydrogens is 547 g/mol. The lowest BCUT2D eigenvalue weighted by molar-refractivity contribution is 0.0928. The average molecular weight is 582 g/mol. The van der Waals surface area contributed by atoms with Crippen molar-refractivity contribution in [3.05, 3.63) is 57.6 Å². The predicted molar refractivity (Wildman–Crippen MR) is 153 cm³/mol. The van der Waals surface area contributed by atoms with Crippen molar-refractivity contribution in [3.8, 4) is 0 Å². The third-order valence-corrected chi connectivity index (χ3v) is 7.01. The zero-order valence-corrected chi connectivity index (χ0v) is 23.3. The maximum absolute atomic E-state index is 12.1. The van der Waals surface area contributed by atoms with Crippen molar-refractivity contribution in [2.24, 2.45) is 0 Å². The van der Waals surface area contributed by atoms with Gasteiger partial charge in [-0.25, -0.2) is 24.4 Å². The van der Waals surface area contributed by atoms with Crippen LogP contribution in [-0.2, 0) is 4.74 Å². The van der Waals surface area contributed by atoms with E-state index in [1.54, 1.807) is 28.8 Å². The first-order valence-corrected chi connectivity index (χ1v) is 12.8. The number of ether oxygens (including phenoxy) is 1. The van der Waals surface area contributed by atoms with Crippen LogP contribution in [-0.4, -0.2) is 72.8 Å². The Morgan fingerprint density at radius 1 is 0.872 bits per heavy atom. The van der Waals surface area contributed by atoms with Crippen LogP contribution in [0.1, 0.15) is 44.7 Å². The van der Waals surface area contributed by atoms with Gasteiger partial charge < -0.3 is 15.0 Å². The van der Waals surface area contributed by atoms with Gasteiger partial charge in [0.05, 0.1) is 17.6 Å². The number of amides is 1. The van der Waals surface area contributed by atoms with Crippen molar-refractivity contribution in [1.29, 1.82) is 0 Å². The van der Waals surface area contributed by atoms with E-state index in [0.717, 1.165) is 49.8 Å². The number of piperidine rings is 2. The zero-order valence-electron chi connectivity index (χ0n) is 21.7. The molecule has 4 aromatic rings. The summed E-state index contributed by atoms with van der Waals surface area (Å²) < 4.78 is 8.61. The lowest BCUT2D eigenvalue weighted by Crippen LogP contribution is -2.40. The Bertz CT molecular complexity index is 1480.